The minimum Gasteiger partial charge on any atom is -0.389 e. The average molecular weight is 544 g/mol. The fourth-order valence-electron chi connectivity index (χ4n) is 1.80. The number of hydrogen-bond acceptors (Lipinski definition) is 11. The number of terminal acetylenes is 1. The molecule has 21 heteroatoms. The van der Waals surface area contributed by atoms with Crippen LogP contribution in [0.3, 0.4) is 0 Å². The molecule has 1 aromatic rings. The molecule has 5 atom stereocenters. The van der Waals surface area contributed by atoms with E-state index in [2.05, 4.69) is 25.4 Å². The monoisotopic (exact) mass is 544 g/mol. The Morgan fingerprint density at radius 3 is 2.28 bits per heavy atom. The van der Waals surface area contributed by atoms with Crippen molar-refractivity contribution < 1.29 is 65.8 Å². The summed E-state index contributed by atoms with van der Waals surface area (Å²) in [7, 11) is -17.2. The van der Waals surface area contributed by atoms with E-state index in [1.54, 1.807) is 5.92 Å². The second-order valence-electron chi connectivity index (χ2n) is 5.66. The highest BCUT2D eigenvalue weighted by atomic mass is 32.1. The molecule has 32 heavy (non-hydrogen) atoms. The van der Waals surface area contributed by atoms with Crippen molar-refractivity contribution in [3.05, 3.63) is 27.1 Å². The third-order valence-corrected chi connectivity index (χ3v) is 7.33. The summed E-state index contributed by atoms with van der Waals surface area (Å²) in [6.45, 7) is -0.448. The third-order valence-electron chi connectivity index (χ3n) is 3.26. The molecule has 0 aliphatic carbocycles. The van der Waals surface area contributed by atoms with Crippen molar-refractivity contribution in [2.24, 2.45) is 0 Å². The van der Waals surface area contributed by atoms with Crippen molar-refractivity contribution in [2.45, 2.75) is 25.0 Å². The Morgan fingerprint density at radius 1 is 1.25 bits per heavy atom. The minimum atomic E-state index is -5.85. The van der Waals surface area contributed by atoms with Gasteiger partial charge in [-0.2, -0.15) is 8.62 Å². The van der Waals surface area contributed by atoms with Gasteiger partial charge in [0.1, 0.15) is 11.2 Å². The predicted octanol–water partition coefficient (Wildman–Crippen LogP) is -0.394. The normalized spacial score (nSPS) is 19.7. The van der Waals surface area contributed by atoms with Gasteiger partial charge in [-0.1, -0.05) is 18.1 Å². The Labute approximate surface area is 182 Å². The number of aliphatic hydroxyl groups excluding tert-OH is 2. The lowest BCUT2D eigenvalue weighted by atomic mass is 10.00. The van der Waals surface area contributed by atoms with Crippen molar-refractivity contribution >= 4 is 35.7 Å². The topological polar surface area (TPSA) is 247 Å². The molecule has 1 heterocycles. The highest BCUT2D eigenvalue weighted by molar-refractivity contribution is 7.71. The zero-order valence-corrected chi connectivity index (χ0v) is 19.0. The van der Waals surface area contributed by atoms with E-state index in [0.717, 1.165) is 6.92 Å². The van der Waals surface area contributed by atoms with Crippen LogP contribution in [-0.2, 0) is 31.6 Å². The number of nitrogens with one attached hydrogen (secondary N) is 1. The maximum atomic E-state index is 13.6. The van der Waals surface area contributed by atoms with Crippen molar-refractivity contribution in [3.63, 3.8) is 0 Å². The number of aromatic amines is 1. The van der Waals surface area contributed by atoms with Crippen LogP contribution in [0.25, 0.3) is 0 Å². The van der Waals surface area contributed by atoms with Crippen LogP contribution >= 0.6 is 35.7 Å². The Hall–Kier alpha value is -1.12. The Bertz CT molecular complexity index is 1140. The summed E-state index contributed by atoms with van der Waals surface area (Å²) in [6.07, 6.45) is 1.34. The number of ether oxygens (including phenoxy) is 1. The van der Waals surface area contributed by atoms with E-state index < -0.39 is 64.3 Å². The van der Waals surface area contributed by atoms with Crippen LogP contribution in [0, 0.1) is 22.8 Å². The molecule has 0 fully saturated rings. The minimum absolute atomic E-state index is 0.199. The molecule has 0 aliphatic heterocycles. The van der Waals surface area contributed by atoms with Gasteiger partial charge in [-0.25, -0.2) is 27.4 Å². The number of halogens is 1. The second kappa shape index (κ2) is 10.4. The largest absolute Gasteiger partial charge is 0.490 e. The molecule has 16 nitrogen and oxygen atoms in total. The van der Waals surface area contributed by atoms with Crippen LogP contribution in [-0.4, -0.2) is 57.6 Å². The first-order valence-corrected chi connectivity index (χ1v) is 12.6. The lowest BCUT2D eigenvalue weighted by Gasteiger charge is -2.33. The molecule has 2 unspecified atom stereocenters. The summed E-state index contributed by atoms with van der Waals surface area (Å²) in [4.78, 5) is 49.2. The van der Waals surface area contributed by atoms with Crippen LogP contribution in [0.1, 0.15) is 13.3 Å². The van der Waals surface area contributed by atoms with Gasteiger partial charge >= 0.3 is 29.2 Å². The zero-order chi connectivity index (χ0) is 25.1. The molecule has 0 saturated carbocycles. The van der Waals surface area contributed by atoms with Gasteiger partial charge in [0.05, 0.1) is 12.3 Å². The van der Waals surface area contributed by atoms with Crippen molar-refractivity contribution in [1.29, 1.82) is 0 Å². The number of aliphatic hydroxyl groups is 2. The molecule has 182 valence electrons. The van der Waals surface area contributed by atoms with Crippen LogP contribution in [0.5, 0.6) is 0 Å². The summed E-state index contributed by atoms with van der Waals surface area (Å²) < 4.78 is 63.2. The van der Waals surface area contributed by atoms with Gasteiger partial charge in [-0.3, -0.25) is 9.51 Å². The van der Waals surface area contributed by atoms with E-state index in [0.29, 0.717) is 6.20 Å². The van der Waals surface area contributed by atoms with Crippen molar-refractivity contribution in [1.82, 2.24) is 9.55 Å². The van der Waals surface area contributed by atoms with Gasteiger partial charge < -0.3 is 34.5 Å². The number of nitrogens with zero attached hydrogens (tertiary/aromatic N) is 1. The molecular weight excluding hydrogens is 528 g/mol. The standard InChI is InChI=1S/C11H16FN2O14P3S/c1-3-11(6(2)15,26-10(17)14-4-7(12)8(32)13-9(14)16)5-25-30(21,22)28-31(23,24)27-29(18,19)20/h1,4,6,10,15,17H,5H2,2H3,(H,21,22)(H,23,24)(H,13,16,32)(H2,18,19,20)/t6-,10+,11-/m1/s1. The molecule has 1 rings (SSSR count). The Morgan fingerprint density at radius 2 is 1.81 bits per heavy atom. The van der Waals surface area contributed by atoms with Gasteiger partial charge in [0.15, 0.2) is 11.4 Å². The summed E-state index contributed by atoms with van der Waals surface area (Å²) in [5.41, 5.74) is -3.76. The summed E-state index contributed by atoms with van der Waals surface area (Å²) >= 11 is 4.49. The quantitative estimate of drug-likeness (QED) is 0.0811. The molecule has 7 N–H and O–H groups in total. The molecule has 1 aromatic heterocycles. The van der Waals surface area contributed by atoms with E-state index >= 15 is 0 Å². The molecular formula is C11H16FN2O14P3S. The Balaban J connectivity index is 3.12. The van der Waals surface area contributed by atoms with Gasteiger partial charge in [-0.15, -0.1) is 6.42 Å². The van der Waals surface area contributed by atoms with Crippen molar-refractivity contribution in [2.75, 3.05) is 6.61 Å². The first kappa shape index (κ1) is 28.9. The van der Waals surface area contributed by atoms with Crippen LogP contribution in [0.15, 0.2) is 11.0 Å². The zero-order valence-electron chi connectivity index (χ0n) is 15.5. The Kier molecular flexibility index (Phi) is 9.42. The molecule has 0 amide bonds. The molecule has 0 aliphatic rings. The highest BCUT2D eigenvalue weighted by Gasteiger charge is 2.45. The van der Waals surface area contributed by atoms with Crippen molar-refractivity contribution in [3.8, 4) is 12.3 Å². The smallest absolute Gasteiger partial charge is 0.389 e. The van der Waals surface area contributed by atoms with Gasteiger partial charge in [0.25, 0.3) is 0 Å². The van der Waals surface area contributed by atoms with Crippen LogP contribution < -0.4 is 5.69 Å². The lowest BCUT2D eigenvalue weighted by Crippen LogP contribution is -2.48. The van der Waals surface area contributed by atoms with Crippen LogP contribution in [0.2, 0.25) is 0 Å². The molecule has 0 bridgehead atoms. The van der Waals surface area contributed by atoms with E-state index in [-0.39, 0.29) is 4.57 Å². The van der Waals surface area contributed by atoms with E-state index in [1.165, 1.54) is 0 Å². The number of phosphoric acid groups is 3. The number of aromatic nitrogens is 2. The number of phosphoric ester groups is 1. The molecule has 0 spiro atoms. The first-order valence-electron chi connectivity index (χ1n) is 7.64. The first-order chi connectivity index (χ1) is 14.3. The van der Waals surface area contributed by atoms with E-state index in [9.17, 15) is 38.0 Å². The molecule has 0 saturated heterocycles. The van der Waals surface area contributed by atoms with E-state index in [1.807, 2.05) is 4.98 Å². The van der Waals surface area contributed by atoms with Crippen LogP contribution in [0.4, 0.5) is 4.39 Å². The van der Waals surface area contributed by atoms with Gasteiger partial charge in [-0.05, 0) is 6.92 Å². The fourth-order valence-corrected chi connectivity index (χ4v) is 4.99. The van der Waals surface area contributed by atoms with Gasteiger partial charge in [0.2, 0.25) is 6.41 Å². The maximum Gasteiger partial charge on any atom is 0.490 e. The second-order valence-corrected chi connectivity index (χ2v) is 10.5. The van der Waals surface area contributed by atoms with Gasteiger partial charge in [0, 0.05) is 0 Å². The number of hydrogen-bond donors (Lipinski definition) is 7. The number of rotatable bonds is 11. The summed E-state index contributed by atoms with van der Waals surface area (Å²) in [6, 6.07) is 0. The fraction of sp³-hybridized carbons (Fsp3) is 0.455. The predicted molar refractivity (Wildman–Crippen MR) is 101 cm³/mol. The highest BCUT2D eigenvalue weighted by Crippen LogP contribution is 2.66. The lowest BCUT2D eigenvalue weighted by molar-refractivity contribution is -0.240. The molecule has 0 aromatic carbocycles. The summed E-state index contributed by atoms with van der Waals surface area (Å²) in [5.74, 6) is 0.595. The maximum absolute atomic E-state index is 13.6. The third kappa shape index (κ3) is 8.34. The van der Waals surface area contributed by atoms with E-state index in [4.69, 9.17) is 25.8 Å². The average Bonchev–Trinajstić information content (AvgIpc) is 2.58. The molecule has 0 radical (unpaired) electrons. The number of H-pyrrole nitrogens is 1. The SMILES string of the molecule is C#C[C@](COP(=O)(O)OP(=O)(O)OP(=O)(O)O)(O[C@H](O)n1cc(F)c(=S)[nH]c1=O)[C@@H](C)O. The summed E-state index contributed by atoms with van der Waals surface area (Å²) in [5, 5.41) is 20.0.